The summed E-state index contributed by atoms with van der Waals surface area (Å²) in [6.07, 6.45) is 1.67. The van der Waals surface area contributed by atoms with E-state index in [1.165, 1.54) is 6.07 Å². The summed E-state index contributed by atoms with van der Waals surface area (Å²) in [6, 6.07) is 4.74. The number of carbonyl (C=O) groups is 1. The van der Waals surface area contributed by atoms with E-state index >= 15 is 0 Å². The van der Waals surface area contributed by atoms with Gasteiger partial charge in [-0.05, 0) is 52.0 Å². The Labute approximate surface area is 101 Å². The molecule has 1 fully saturated rings. The predicted molar refractivity (Wildman–Crippen MR) is 65.7 cm³/mol. The first-order valence-corrected chi connectivity index (χ1v) is 6.07. The van der Waals surface area contributed by atoms with E-state index in [1.54, 1.807) is 12.1 Å². The van der Waals surface area contributed by atoms with E-state index in [9.17, 15) is 9.18 Å². The Morgan fingerprint density at radius 3 is 2.65 bits per heavy atom. The quantitative estimate of drug-likeness (QED) is 0.734. The topological polar surface area (TPSA) is 20.3 Å². The van der Waals surface area contributed by atoms with Crippen molar-refractivity contribution in [3.05, 3.63) is 35.1 Å². The molecule has 0 spiro atoms. The lowest BCUT2D eigenvalue weighted by molar-refractivity contribution is 0.0852. The van der Waals surface area contributed by atoms with Crippen LogP contribution in [0.5, 0.6) is 0 Å². The lowest BCUT2D eigenvalue weighted by Gasteiger charge is -2.28. The Bertz CT molecular complexity index is 422. The Morgan fingerprint density at radius 2 is 2.00 bits per heavy atom. The smallest absolute Gasteiger partial charge is 0.168 e. The van der Waals surface area contributed by atoms with Gasteiger partial charge in [0.05, 0.1) is 5.56 Å². The van der Waals surface area contributed by atoms with Crippen LogP contribution in [0.1, 0.15) is 28.8 Å². The first-order chi connectivity index (χ1) is 8.08. The monoisotopic (exact) mass is 235 g/mol. The van der Waals surface area contributed by atoms with Crippen molar-refractivity contribution < 1.29 is 9.18 Å². The number of ketones is 1. The van der Waals surface area contributed by atoms with Crippen molar-refractivity contribution in [2.75, 3.05) is 20.1 Å². The maximum absolute atomic E-state index is 13.6. The second-order valence-corrected chi connectivity index (χ2v) is 4.93. The van der Waals surface area contributed by atoms with Crippen LogP contribution < -0.4 is 0 Å². The number of halogens is 1. The Kier molecular flexibility index (Phi) is 3.57. The molecule has 0 bridgehead atoms. The van der Waals surface area contributed by atoms with Gasteiger partial charge in [-0.25, -0.2) is 4.39 Å². The molecule has 0 unspecified atom stereocenters. The number of hydrogen-bond donors (Lipinski definition) is 0. The van der Waals surface area contributed by atoms with Crippen LogP contribution >= 0.6 is 0 Å². The van der Waals surface area contributed by atoms with Crippen LogP contribution in [0.3, 0.4) is 0 Å². The zero-order valence-electron chi connectivity index (χ0n) is 10.4. The largest absolute Gasteiger partial charge is 0.306 e. The molecule has 2 nitrogen and oxygen atoms in total. The van der Waals surface area contributed by atoms with Crippen molar-refractivity contribution in [2.24, 2.45) is 5.92 Å². The van der Waals surface area contributed by atoms with Crippen molar-refractivity contribution in [1.29, 1.82) is 0 Å². The number of hydrogen-bond acceptors (Lipinski definition) is 2. The van der Waals surface area contributed by atoms with Crippen LogP contribution in [0, 0.1) is 18.7 Å². The zero-order chi connectivity index (χ0) is 12.4. The minimum Gasteiger partial charge on any atom is -0.306 e. The third kappa shape index (κ3) is 2.72. The van der Waals surface area contributed by atoms with E-state index in [1.807, 2.05) is 14.0 Å². The molecule has 1 aliphatic heterocycles. The number of aryl methyl sites for hydroxylation is 1. The summed E-state index contributed by atoms with van der Waals surface area (Å²) in [5, 5.41) is 0. The molecule has 1 heterocycles. The number of Topliss-reactive ketones (excluding diaryl/α,β-unsaturated/α-hetero) is 1. The zero-order valence-corrected chi connectivity index (χ0v) is 10.4. The Balaban J connectivity index is 2.16. The first-order valence-electron chi connectivity index (χ1n) is 6.07. The molecule has 1 aromatic carbocycles. The van der Waals surface area contributed by atoms with Crippen LogP contribution in [0.25, 0.3) is 0 Å². The van der Waals surface area contributed by atoms with Crippen molar-refractivity contribution in [1.82, 2.24) is 4.90 Å². The van der Waals surface area contributed by atoms with E-state index in [4.69, 9.17) is 0 Å². The number of carbonyl (C=O) groups excluding carboxylic acids is 1. The van der Waals surface area contributed by atoms with Crippen LogP contribution in [0.4, 0.5) is 4.39 Å². The number of piperidine rings is 1. The van der Waals surface area contributed by atoms with E-state index in [0.29, 0.717) is 0 Å². The second-order valence-electron chi connectivity index (χ2n) is 4.93. The lowest BCUT2D eigenvalue weighted by Crippen LogP contribution is -2.33. The molecule has 3 heteroatoms. The summed E-state index contributed by atoms with van der Waals surface area (Å²) in [7, 11) is 2.05. The minimum absolute atomic E-state index is 0.0116. The van der Waals surface area contributed by atoms with E-state index < -0.39 is 0 Å². The molecule has 0 N–H and O–H groups in total. The molecule has 0 radical (unpaired) electrons. The molecule has 0 amide bonds. The van der Waals surface area contributed by atoms with Gasteiger partial charge in [0, 0.05) is 5.92 Å². The molecular formula is C14H18FNO. The summed E-state index contributed by atoms with van der Waals surface area (Å²) in [6.45, 7) is 3.72. The number of likely N-dealkylation sites (tertiary alicyclic amines) is 1. The van der Waals surface area contributed by atoms with Gasteiger partial charge in [-0.15, -0.1) is 0 Å². The summed E-state index contributed by atoms with van der Waals surface area (Å²) in [5.74, 6) is -0.429. The van der Waals surface area contributed by atoms with Crippen molar-refractivity contribution in [2.45, 2.75) is 19.8 Å². The second kappa shape index (κ2) is 4.96. The third-order valence-corrected chi connectivity index (χ3v) is 3.48. The van der Waals surface area contributed by atoms with Gasteiger partial charge >= 0.3 is 0 Å². The highest BCUT2D eigenvalue weighted by atomic mass is 19.1. The maximum atomic E-state index is 13.6. The van der Waals surface area contributed by atoms with Crippen molar-refractivity contribution in [3.63, 3.8) is 0 Å². The number of nitrogens with zero attached hydrogens (tertiary/aromatic N) is 1. The summed E-state index contributed by atoms with van der Waals surface area (Å²) in [5.41, 5.74) is 1.20. The van der Waals surface area contributed by atoms with Gasteiger partial charge in [0.2, 0.25) is 0 Å². The normalized spacial score (nSPS) is 18.3. The fourth-order valence-corrected chi connectivity index (χ4v) is 2.32. The molecule has 17 heavy (non-hydrogen) atoms. The average molecular weight is 235 g/mol. The fourth-order valence-electron chi connectivity index (χ4n) is 2.32. The van der Waals surface area contributed by atoms with Crippen LogP contribution in [0.15, 0.2) is 18.2 Å². The molecule has 2 rings (SSSR count). The van der Waals surface area contributed by atoms with Gasteiger partial charge in [-0.1, -0.05) is 11.6 Å². The molecule has 0 saturated carbocycles. The van der Waals surface area contributed by atoms with E-state index in [-0.39, 0.29) is 23.1 Å². The summed E-state index contributed by atoms with van der Waals surface area (Å²) >= 11 is 0. The summed E-state index contributed by atoms with van der Waals surface area (Å²) in [4.78, 5) is 14.4. The molecular weight excluding hydrogens is 217 g/mol. The maximum Gasteiger partial charge on any atom is 0.168 e. The standard InChI is InChI=1S/C14H18FNO/c1-10-3-4-13(15)12(9-10)14(17)11-5-7-16(2)8-6-11/h3-4,9,11H,5-8H2,1-2H3. The fraction of sp³-hybridized carbons (Fsp3) is 0.500. The van der Waals surface area contributed by atoms with E-state index in [0.717, 1.165) is 31.5 Å². The third-order valence-electron chi connectivity index (χ3n) is 3.48. The predicted octanol–water partition coefficient (Wildman–Crippen LogP) is 2.66. The SMILES string of the molecule is Cc1ccc(F)c(C(=O)C2CCN(C)CC2)c1. The van der Waals surface area contributed by atoms with E-state index in [2.05, 4.69) is 4.90 Å². The molecule has 1 aliphatic rings. The average Bonchev–Trinajstić information content (AvgIpc) is 2.32. The molecule has 92 valence electrons. The number of rotatable bonds is 2. The van der Waals surface area contributed by atoms with Crippen molar-refractivity contribution >= 4 is 5.78 Å². The molecule has 1 saturated heterocycles. The summed E-state index contributed by atoms with van der Waals surface area (Å²) < 4.78 is 13.6. The van der Waals surface area contributed by atoms with Crippen LogP contribution in [0.2, 0.25) is 0 Å². The highest BCUT2D eigenvalue weighted by molar-refractivity contribution is 5.98. The Hall–Kier alpha value is -1.22. The minimum atomic E-state index is -0.389. The number of benzene rings is 1. The van der Waals surface area contributed by atoms with Gasteiger partial charge in [0.15, 0.2) is 5.78 Å². The lowest BCUT2D eigenvalue weighted by atomic mass is 9.88. The highest BCUT2D eigenvalue weighted by Gasteiger charge is 2.26. The molecule has 1 aromatic rings. The van der Waals surface area contributed by atoms with Crippen molar-refractivity contribution in [3.8, 4) is 0 Å². The van der Waals surface area contributed by atoms with Gasteiger partial charge in [-0.3, -0.25) is 4.79 Å². The van der Waals surface area contributed by atoms with Gasteiger partial charge < -0.3 is 4.90 Å². The highest BCUT2D eigenvalue weighted by Crippen LogP contribution is 2.23. The van der Waals surface area contributed by atoms with Gasteiger partial charge in [-0.2, -0.15) is 0 Å². The van der Waals surface area contributed by atoms with Crippen LogP contribution in [-0.4, -0.2) is 30.8 Å². The molecule has 0 aromatic heterocycles. The first kappa shape index (κ1) is 12.2. The molecule has 0 atom stereocenters. The van der Waals surface area contributed by atoms with Crippen LogP contribution in [-0.2, 0) is 0 Å². The Morgan fingerprint density at radius 1 is 1.35 bits per heavy atom. The van der Waals surface area contributed by atoms with Gasteiger partial charge in [0.25, 0.3) is 0 Å². The van der Waals surface area contributed by atoms with Gasteiger partial charge in [0.1, 0.15) is 5.82 Å². The molecule has 0 aliphatic carbocycles.